The zero-order chi connectivity index (χ0) is 13.7. The van der Waals surface area contributed by atoms with Crippen molar-refractivity contribution in [3.05, 3.63) is 51.2 Å². The molecule has 19 heavy (non-hydrogen) atoms. The molecule has 1 aromatic carbocycles. The summed E-state index contributed by atoms with van der Waals surface area (Å²) in [6, 6.07) is 13.1. The minimum absolute atomic E-state index is 0.369. The number of aryl methyl sites for hydroxylation is 1. The Morgan fingerprint density at radius 3 is 2.79 bits per heavy atom. The summed E-state index contributed by atoms with van der Waals surface area (Å²) in [4.78, 5) is 2.64. The summed E-state index contributed by atoms with van der Waals surface area (Å²) in [5.74, 6) is 1.02. The Kier molecular flexibility index (Phi) is 5.76. The summed E-state index contributed by atoms with van der Waals surface area (Å²) in [5, 5.41) is 3.53. The van der Waals surface area contributed by atoms with Crippen LogP contribution in [0.2, 0.25) is 4.34 Å². The van der Waals surface area contributed by atoms with Gasteiger partial charge in [0.05, 0.1) is 10.4 Å². The highest BCUT2D eigenvalue weighted by molar-refractivity contribution is 7.99. The highest BCUT2D eigenvalue weighted by Gasteiger charge is 2.13. The van der Waals surface area contributed by atoms with Crippen LogP contribution in [0, 0.1) is 6.92 Å². The molecule has 102 valence electrons. The lowest BCUT2D eigenvalue weighted by Gasteiger charge is -2.16. The molecule has 0 radical (unpaired) electrons. The van der Waals surface area contributed by atoms with E-state index >= 15 is 0 Å². The van der Waals surface area contributed by atoms with Crippen LogP contribution in [0.3, 0.4) is 0 Å². The second-order valence-corrected chi connectivity index (χ2v) is 7.22. The summed E-state index contributed by atoms with van der Waals surface area (Å²) in [7, 11) is 0. The minimum Gasteiger partial charge on any atom is -0.309 e. The van der Waals surface area contributed by atoms with Crippen LogP contribution in [0.25, 0.3) is 0 Å². The third kappa shape index (κ3) is 4.53. The van der Waals surface area contributed by atoms with E-state index in [4.69, 9.17) is 11.6 Å². The second kappa shape index (κ2) is 7.34. The smallest absolute Gasteiger partial charge is 0.0931 e. The van der Waals surface area contributed by atoms with E-state index in [1.165, 1.54) is 15.3 Å². The fourth-order valence-corrected chi connectivity index (χ4v) is 4.23. The first kappa shape index (κ1) is 14.9. The molecule has 0 spiro atoms. The molecule has 1 aromatic heterocycles. The summed E-state index contributed by atoms with van der Waals surface area (Å²) in [6.07, 6.45) is 0. The van der Waals surface area contributed by atoms with Crippen molar-refractivity contribution in [2.75, 3.05) is 12.3 Å². The van der Waals surface area contributed by atoms with Crippen LogP contribution >= 0.6 is 34.7 Å². The number of hydrogen-bond donors (Lipinski definition) is 1. The van der Waals surface area contributed by atoms with Gasteiger partial charge in [0.15, 0.2) is 0 Å². The maximum atomic E-state index is 6.03. The van der Waals surface area contributed by atoms with Crippen molar-refractivity contribution >= 4 is 34.7 Å². The number of thiophene rings is 1. The van der Waals surface area contributed by atoms with E-state index in [2.05, 4.69) is 49.5 Å². The summed E-state index contributed by atoms with van der Waals surface area (Å²) in [6.45, 7) is 5.24. The molecule has 1 heterocycles. The van der Waals surface area contributed by atoms with Crippen LogP contribution in [0.4, 0.5) is 0 Å². The highest BCUT2D eigenvalue weighted by Crippen LogP contribution is 2.31. The monoisotopic (exact) mass is 311 g/mol. The van der Waals surface area contributed by atoms with Gasteiger partial charge < -0.3 is 5.32 Å². The average molecular weight is 312 g/mol. The lowest BCUT2D eigenvalue weighted by Crippen LogP contribution is -2.21. The lowest BCUT2D eigenvalue weighted by molar-refractivity contribution is 0.615. The molecule has 1 N–H and O–H groups in total. The number of benzene rings is 1. The highest BCUT2D eigenvalue weighted by atomic mass is 35.5. The van der Waals surface area contributed by atoms with Crippen LogP contribution in [0.1, 0.15) is 23.4 Å². The third-order valence-electron chi connectivity index (χ3n) is 2.79. The first-order valence-corrected chi connectivity index (χ1v) is 8.55. The van der Waals surface area contributed by atoms with Crippen LogP contribution in [0.15, 0.2) is 41.3 Å². The standard InChI is InChI=1S/C15H18ClNS2/c1-3-17-13(14-7-8-15(16)19-14)10-18-12-6-4-5-11(2)9-12/h4-9,13,17H,3,10H2,1-2H3. The summed E-state index contributed by atoms with van der Waals surface area (Å²) >= 11 is 9.58. The van der Waals surface area contributed by atoms with E-state index < -0.39 is 0 Å². The molecule has 0 saturated carbocycles. The van der Waals surface area contributed by atoms with Crippen LogP contribution in [-0.4, -0.2) is 12.3 Å². The molecule has 1 unspecified atom stereocenters. The quantitative estimate of drug-likeness (QED) is 0.740. The Balaban J connectivity index is 2.01. The number of rotatable bonds is 6. The zero-order valence-corrected chi connectivity index (χ0v) is 13.5. The van der Waals surface area contributed by atoms with E-state index in [0.717, 1.165) is 16.6 Å². The number of hydrogen-bond acceptors (Lipinski definition) is 3. The van der Waals surface area contributed by atoms with Crippen molar-refractivity contribution in [1.29, 1.82) is 0 Å². The van der Waals surface area contributed by atoms with Gasteiger partial charge in [0.25, 0.3) is 0 Å². The molecule has 2 rings (SSSR count). The second-order valence-electron chi connectivity index (χ2n) is 4.38. The molecule has 0 aliphatic rings. The molecule has 2 aromatic rings. The van der Waals surface area contributed by atoms with Crippen molar-refractivity contribution < 1.29 is 0 Å². The van der Waals surface area contributed by atoms with Crippen molar-refractivity contribution in [2.24, 2.45) is 0 Å². The third-order valence-corrected chi connectivity index (χ3v) is 5.23. The van der Waals surface area contributed by atoms with Gasteiger partial charge in [-0.25, -0.2) is 0 Å². The Morgan fingerprint density at radius 1 is 1.32 bits per heavy atom. The van der Waals surface area contributed by atoms with Gasteiger partial charge in [0.2, 0.25) is 0 Å². The first-order valence-electron chi connectivity index (χ1n) is 6.37. The van der Waals surface area contributed by atoms with Crippen LogP contribution in [-0.2, 0) is 0 Å². The van der Waals surface area contributed by atoms with Crippen molar-refractivity contribution in [3.63, 3.8) is 0 Å². The number of halogens is 1. The van der Waals surface area contributed by atoms with E-state index in [1.54, 1.807) is 11.3 Å². The Morgan fingerprint density at radius 2 is 2.16 bits per heavy atom. The van der Waals surface area contributed by atoms with E-state index in [1.807, 2.05) is 17.8 Å². The predicted octanol–water partition coefficient (Wildman–Crippen LogP) is 5.15. The summed E-state index contributed by atoms with van der Waals surface area (Å²) < 4.78 is 0.860. The largest absolute Gasteiger partial charge is 0.309 e. The summed E-state index contributed by atoms with van der Waals surface area (Å²) in [5.41, 5.74) is 1.31. The molecule has 1 nitrogen and oxygen atoms in total. The molecule has 0 fully saturated rings. The molecule has 0 amide bonds. The minimum atomic E-state index is 0.369. The molecular weight excluding hydrogens is 294 g/mol. The van der Waals surface area contributed by atoms with Gasteiger partial charge in [0, 0.05) is 15.5 Å². The maximum absolute atomic E-state index is 6.03. The van der Waals surface area contributed by atoms with E-state index in [-0.39, 0.29) is 0 Å². The Bertz CT molecular complexity index is 524. The fourth-order valence-electron chi connectivity index (χ4n) is 1.89. The van der Waals surface area contributed by atoms with Gasteiger partial charge in [-0.1, -0.05) is 36.2 Å². The Labute approximate surface area is 128 Å². The van der Waals surface area contributed by atoms with Crippen LogP contribution < -0.4 is 5.32 Å². The molecule has 4 heteroatoms. The van der Waals surface area contributed by atoms with Crippen molar-refractivity contribution in [2.45, 2.75) is 24.8 Å². The molecule has 0 aliphatic carbocycles. The molecular formula is C15H18ClNS2. The molecule has 0 saturated heterocycles. The molecule has 0 bridgehead atoms. The number of thioether (sulfide) groups is 1. The van der Waals surface area contributed by atoms with Gasteiger partial charge >= 0.3 is 0 Å². The van der Waals surface area contributed by atoms with Gasteiger partial charge in [-0.3, -0.25) is 0 Å². The molecule has 0 aliphatic heterocycles. The zero-order valence-electron chi connectivity index (χ0n) is 11.2. The average Bonchev–Trinajstić information content (AvgIpc) is 2.81. The normalized spacial score (nSPS) is 12.6. The van der Waals surface area contributed by atoms with Gasteiger partial charge in [-0.2, -0.15) is 0 Å². The van der Waals surface area contributed by atoms with Gasteiger partial charge in [-0.05, 0) is 37.7 Å². The SMILES string of the molecule is CCNC(CSc1cccc(C)c1)c1ccc(Cl)s1. The van der Waals surface area contributed by atoms with Gasteiger partial charge in [0.1, 0.15) is 0 Å². The lowest BCUT2D eigenvalue weighted by atomic mass is 10.2. The predicted molar refractivity (Wildman–Crippen MR) is 87.6 cm³/mol. The topological polar surface area (TPSA) is 12.0 Å². The van der Waals surface area contributed by atoms with Crippen molar-refractivity contribution in [1.82, 2.24) is 5.32 Å². The first-order chi connectivity index (χ1) is 9.19. The Hall–Kier alpha value is -0.480. The van der Waals surface area contributed by atoms with E-state index in [0.29, 0.717) is 6.04 Å². The van der Waals surface area contributed by atoms with Crippen molar-refractivity contribution in [3.8, 4) is 0 Å². The number of nitrogens with one attached hydrogen (secondary N) is 1. The van der Waals surface area contributed by atoms with Crippen LogP contribution in [0.5, 0.6) is 0 Å². The van der Waals surface area contributed by atoms with Gasteiger partial charge in [-0.15, -0.1) is 23.1 Å². The maximum Gasteiger partial charge on any atom is 0.0931 e. The molecule has 1 atom stereocenters. The van der Waals surface area contributed by atoms with E-state index in [9.17, 15) is 0 Å². The fraction of sp³-hybridized carbons (Fsp3) is 0.333.